The Kier molecular flexibility index (Phi) is 4.65. The van der Waals surface area contributed by atoms with Crippen LogP contribution in [0.15, 0.2) is 42.5 Å². The number of nitriles is 1. The molecular formula is C20H18FN3O3. The summed E-state index contributed by atoms with van der Waals surface area (Å²) in [7, 11) is 0. The highest BCUT2D eigenvalue weighted by Gasteiger charge is 2.28. The first-order chi connectivity index (χ1) is 13.2. The fraction of sp³-hybridized carbons (Fsp3) is 0.300. The molecule has 2 aliphatic heterocycles. The maximum absolute atomic E-state index is 13.4. The second-order valence-electron chi connectivity index (χ2n) is 6.48. The van der Waals surface area contributed by atoms with E-state index in [0.717, 1.165) is 5.56 Å². The van der Waals surface area contributed by atoms with Gasteiger partial charge in [0.1, 0.15) is 11.9 Å². The van der Waals surface area contributed by atoms with E-state index >= 15 is 0 Å². The summed E-state index contributed by atoms with van der Waals surface area (Å²) in [6, 6.07) is 13.1. The number of ether oxygens (including phenoxy) is 2. The lowest BCUT2D eigenvalue weighted by Gasteiger charge is -2.37. The van der Waals surface area contributed by atoms with Crippen LogP contribution in [-0.4, -0.2) is 48.7 Å². The third kappa shape index (κ3) is 3.44. The van der Waals surface area contributed by atoms with E-state index in [9.17, 15) is 14.4 Å². The van der Waals surface area contributed by atoms with Crippen LogP contribution >= 0.6 is 0 Å². The number of piperazine rings is 1. The van der Waals surface area contributed by atoms with Crippen molar-refractivity contribution in [3.8, 4) is 17.6 Å². The van der Waals surface area contributed by atoms with Crippen LogP contribution in [0.25, 0.3) is 0 Å². The van der Waals surface area contributed by atoms with Gasteiger partial charge in [-0.05, 0) is 35.9 Å². The largest absolute Gasteiger partial charge is 0.454 e. The third-order valence-electron chi connectivity index (χ3n) is 4.87. The molecule has 1 fully saturated rings. The van der Waals surface area contributed by atoms with Gasteiger partial charge >= 0.3 is 0 Å². The first-order valence-corrected chi connectivity index (χ1v) is 8.74. The molecule has 2 heterocycles. The number of amides is 1. The van der Waals surface area contributed by atoms with Crippen LogP contribution in [0.2, 0.25) is 0 Å². The maximum Gasteiger partial charge on any atom is 0.254 e. The normalized spacial score (nSPS) is 17.4. The highest BCUT2D eigenvalue weighted by molar-refractivity contribution is 5.94. The zero-order valence-electron chi connectivity index (χ0n) is 14.6. The highest BCUT2D eigenvalue weighted by Crippen LogP contribution is 2.35. The van der Waals surface area contributed by atoms with Gasteiger partial charge in [-0.3, -0.25) is 9.69 Å². The van der Waals surface area contributed by atoms with E-state index in [0.29, 0.717) is 43.2 Å². The average molecular weight is 367 g/mol. The summed E-state index contributed by atoms with van der Waals surface area (Å²) in [5.41, 5.74) is 1.18. The van der Waals surface area contributed by atoms with Crippen LogP contribution in [-0.2, 0) is 0 Å². The van der Waals surface area contributed by atoms with Crippen LogP contribution in [0.4, 0.5) is 4.39 Å². The number of halogens is 1. The molecule has 0 saturated carbocycles. The molecule has 0 N–H and O–H groups in total. The van der Waals surface area contributed by atoms with Crippen molar-refractivity contribution in [3.05, 3.63) is 59.4 Å². The van der Waals surface area contributed by atoms with Crippen molar-refractivity contribution in [2.24, 2.45) is 0 Å². The van der Waals surface area contributed by atoms with Gasteiger partial charge in [0.05, 0.1) is 6.07 Å². The Morgan fingerprint density at radius 3 is 2.59 bits per heavy atom. The second kappa shape index (κ2) is 7.25. The van der Waals surface area contributed by atoms with Gasteiger partial charge < -0.3 is 14.4 Å². The van der Waals surface area contributed by atoms with Crippen LogP contribution in [0.3, 0.4) is 0 Å². The van der Waals surface area contributed by atoms with E-state index in [1.165, 1.54) is 18.2 Å². The van der Waals surface area contributed by atoms with E-state index in [2.05, 4.69) is 6.07 Å². The number of benzene rings is 2. The van der Waals surface area contributed by atoms with Crippen molar-refractivity contribution in [1.29, 1.82) is 5.26 Å². The minimum absolute atomic E-state index is 0.189. The number of carbonyl (C=O) groups excluding carboxylic acids is 1. The molecule has 1 amide bonds. The fourth-order valence-electron chi connectivity index (χ4n) is 3.44. The van der Waals surface area contributed by atoms with Crippen LogP contribution < -0.4 is 9.47 Å². The SMILES string of the molecule is N#CC(c1ccc2c(c1)OCO2)N1CCN(C(=O)c2cccc(F)c2)CC1. The van der Waals surface area contributed by atoms with Gasteiger partial charge in [0, 0.05) is 31.7 Å². The Morgan fingerprint density at radius 1 is 1.07 bits per heavy atom. The smallest absolute Gasteiger partial charge is 0.254 e. The van der Waals surface area contributed by atoms with Crippen LogP contribution in [0.1, 0.15) is 22.0 Å². The molecule has 6 nitrogen and oxygen atoms in total. The summed E-state index contributed by atoms with van der Waals surface area (Å²) in [5.74, 6) is 0.714. The Morgan fingerprint density at radius 2 is 1.85 bits per heavy atom. The number of hydrogen-bond donors (Lipinski definition) is 0. The first-order valence-electron chi connectivity index (χ1n) is 8.74. The van der Waals surface area contributed by atoms with E-state index in [-0.39, 0.29) is 12.7 Å². The van der Waals surface area contributed by atoms with Crippen molar-refractivity contribution in [2.45, 2.75) is 6.04 Å². The monoisotopic (exact) mass is 367 g/mol. The van der Waals surface area contributed by atoms with Crippen LogP contribution in [0, 0.1) is 17.1 Å². The molecule has 4 rings (SSSR count). The Balaban J connectivity index is 1.43. The maximum atomic E-state index is 13.4. The molecule has 7 heteroatoms. The molecule has 0 bridgehead atoms. The van der Waals surface area contributed by atoms with Crippen molar-refractivity contribution < 1.29 is 18.7 Å². The molecule has 1 atom stereocenters. The van der Waals surface area contributed by atoms with Gasteiger partial charge in [0.25, 0.3) is 5.91 Å². The fourth-order valence-corrected chi connectivity index (χ4v) is 3.44. The Bertz CT molecular complexity index is 904. The van der Waals surface area contributed by atoms with Crippen molar-refractivity contribution in [3.63, 3.8) is 0 Å². The average Bonchev–Trinajstić information content (AvgIpc) is 3.16. The van der Waals surface area contributed by atoms with Crippen molar-refractivity contribution in [1.82, 2.24) is 9.80 Å². The minimum Gasteiger partial charge on any atom is -0.454 e. The zero-order chi connectivity index (χ0) is 18.8. The molecule has 0 aliphatic carbocycles. The van der Waals surface area contributed by atoms with E-state index in [1.807, 2.05) is 23.1 Å². The number of hydrogen-bond acceptors (Lipinski definition) is 5. The van der Waals surface area contributed by atoms with Crippen molar-refractivity contribution >= 4 is 5.91 Å². The molecule has 0 aromatic heterocycles. The standard InChI is InChI=1S/C20H18FN3O3/c21-16-3-1-2-15(10-16)20(25)24-8-6-23(7-9-24)17(12-22)14-4-5-18-19(11-14)27-13-26-18/h1-5,10-11,17H,6-9,13H2. The zero-order valence-corrected chi connectivity index (χ0v) is 14.6. The molecule has 138 valence electrons. The second-order valence-corrected chi connectivity index (χ2v) is 6.48. The lowest BCUT2D eigenvalue weighted by atomic mass is 10.0. The topological polar surface area (TPSA) is 65.8 Å². The van der Waals surface area contributed by atoms with Gasteiger partial charge in [-0.15, -0.1) is 0 Å². The molecule has 2 aromatic carbocycles. The Labute approximate surface area is 156 Å². The van der Waals surface area contributed by atoms with Gasteiger partial charge in [-0.2, -0.15) is 5.26 Å². The van der Waals surface area contributed by atoms with E-state index in [1.54, 1.807) is 11.0 Å². The first kappa shape index (κ1) is 17.3. The van der Waals surface area contributed by atoms with Gasteiger partial charge in [0.2, 0.25) is 6.79 Å². The summed E-state index contributed by atoms with van der Waals surface area (Å²) in [6.45, 7) is 2.29. The molecule has 2 aromatic rings. The number of nitrogens with zero attached hydrogens (tertiary/aromatic N) is 3. The minimum atomic E-state index is -0.425. The van der Waals surface area contributed by atoms with Crippen LogP contribution in [0.5, 0.6) is 11.5 Å². The lowest BCUT2D eigenvalue weighted by Crippen LogP contribution is -2.49. The number of carbonyl (C=O) groups is 1. The predicted molar refractivity (Wildman–Crippen MR) is 94.8 cm³/mol. The molecule has 27 heavy (non-hydrogen) atoms. The Hall–Kier alpha value is -3.11. The number of fused-ring (bicyclic) bond motifs is 1. The summed E-state index contributed by atoms with van der Waals surface area (Å²) >= 11 is 0. The lowest BCUT2D eigenvalue weighted by molar-refractivity contribution is 0.0606. The van der Waals surface area contributed by atoms with Crippen molar-refractivity contribution in [2.75, 3.05) is 33.0 Å². The molecule has 0 radical (unpaired) electrons. The van der Waals surface area contributed by atoms with E-state index < -0.39 is 11.9 Å². The number of rotatable bonds is 3. The highest BCUT2D eigenvalue weighted by atomic mass is 19.1. The summed E-state index contributed by atoms with van der Waals surface area (Å²) in [4.78, 5) is 16.3. The van der Waals surface area contributed by atoms with E-state index in [4.69, 9.17) is 9.47 Å². The summed E-state index contributed by atoms with van der Waals surface area (Å²) < 4.78 is 24.1. The summed E-state index contributed by atoms with van der Waals surface area (Å²) in [6.07, 6.45) is 0. The molecule has 1 saturated heterocycles. The summed E-state index contributed by atoms with van der Waals surface area (Å²) in [5, 5.41) is 9.68. The van der Waals surface area contributed by atoms with Gasteiger partial charge in [0.15, 0.2) is 11.5 Å². The quantitative estimate of drug-likeness (QED) is 0.834. The molecular weight excluding hydrogens is 349 g/mol. The molecule has 1 unspecified atom stereocenters. The van der Waals surface area contributed by atoms with Gasteiger partial charge in [-0.25, -0.2) is 4.39 Å². The molecule has 0 spiro atoms. The third-order valence-corrected chi connectivity index (χ3v) is 4.87. The molecule has 2 aliphatic rings. The van der Waals surface area contributed by atoms with Gasteiger partial charge in [-0.1, -0.05) is 12.1 Å². The predicted octanol–water partition coefficient (Wildman–Crippen LogP) is 2.58.